The highest BCUT2D eigenvalue weighted by Crippen LogP contribution is 2.30. The van der Waals surface area contributed by atoms with Gasteiger partial charge >= 0.3 is 0 Å². The van der Waals surface area contributed by atoms with E-state index >= 15 is 0 Å². The van der Waals surface area contributed by atoms with Crippen LogP contribution in [0.15, 0.2) is 53.4 Å². The molecule has 0 fully saturated rings. The summed E-state index contributed by atoms with van der Waals surface area (Å²) in [6, 6.07) is 16.5. The molecule has 0 unspecified atom stereocenters. The number of aryl methyl sites for hydroxylation is 1. The van der Waals surface area contributed by atoms with Gasteiger partial charge in [0.15, 0.2) is 0 Å². The first kappa shape index (κ1) is 14.7. The third-order valence-electron chi connectivity index (χ3n) is 4.56. The maximum absolute atomic E-state index is 12.7. The number of fused-ring (bicyclic) bond motifs is 3. The highest BCUT2D eigenvalue weighted by Gasteiger charge is 2.25. The van der Waals surface area contributed by atoms with Crippen molar-refractivity contribution in [3.63, 3.8) is 0 Å². The van der Waals surface area contributed by atoms with E-state index in [1.807, 2.05) is 31.2 Å². The van der Waals surface area contributed by atoms with E-state index in [1.54, 1.807) is 0 Å². The van der Waals surface area contributed by atoms with Crippen molar-refractivity contribution in [3.8, 4) is 0 Å². The van der Waals surface area contributed by atoms with Gasteiger partial charge < -0.3 is 10.3 Å². The molecule has 1 aromatic heterocycles. The summed E-state index contributed by atoms with van der Waals surface area (Å²) in [7, 11) is -1.00. The first-order valence-corrected chi connectivity index (χ1v) is 9.32. The van der Waals surface area contributed by atoms with Crippen molar-refractivity contribution in [2.24, 2.45) is 0 Å². The predicted octanol–water partition coefficient (Wildman–Crippen LogP) is 3.47. The number of hydrogen-bond acceptors (Lipinski definition) is 2. The molecule has 0 radical (unpaired) electrons. The zero-order chi connectivity index (χ0) is 15.8. The maximum Gasteiger partial charge on any atom is 0.0596 e. The average Bonchev–Trinajstić information content (AvgIpc) is 2.95. The predicted molar refractivity (Wildman–Crippen MR) is 95.2 cm³/mol. The monoisotopic (exact) mass is 324 g/mol. The number of rotatable bonds is 3. The van der Waals surface area contributed by atoms with Crippen LogP contribution in [0.2, 0.25) is 0 Å². The van der Waals surface area contributed by atoms with Crippen molar-refractivity contribution in [2.45, 2.75) is 24.3 Å². The second-order valence-corrected chi connectivity index (χ2v) is 7.64. The second-order valence-electron chi connectivity index (χ2n) is 6.14. The van der Waals surface area contributed by atoms with Crippen LogP contribution in [0.4, 0.5) is 0 Å². The van der Waals surface area contributed by atoms with E-state index in [1.165, 1.54) is 27.7 Å². The molecule has 0 amide bonds. The number of nitrogens with one attached hydrogen (secondary N) is 2. The van der Waals surface area contributed by atoms with Gasteiger partial charge in [-0.25, -0.2) is 0 Å². The number of aromatic nitrogens is 1. The SMILES string of the molecule is Cc1ccc([S@](=O)C[C@H]2NCCc3c2[nH]c2ccccc32)cc1. The third kappa shape index (κ3) is 2.73. The average molecular weight is 324 g/mol. The van der Waals surface area contributed by atoms with Gasteiger partial charge in [-0.3, -0.25) is 4.21 Å². The summed E-state index contributed by atoms with van der Waals surface area (Å²) in [5.74, 6) is 0.600. The van der Waals surface area contributed by atoms with Gasteiger partial charge in [0.2, 0.25) is 0 Å². The van der Waals surface area contributed by atoms with Crippen LogP contribution in [0, 0.1) is 6.92 Å². The molecular formula is C19H20N2OS. The topological polar surface area (TPSA) is 44.9 Å². The normalized spacial score (nSPS) is 18.7. The Labute approximate surface area is 138 Å². The smallest absolute Gasteiger partial charge is 0.0596 e. The molecule has 2 heterocycles. The standard InChI is InChI=1S/C19H20N2OS/c1-13-6-8-14(9-7-13)23(22)12-18-19-16(10-11-20-18)15-4-2-3-5-17(15)21-19/h2-9,18,20-21H,10-12H2,1H3/t18-,23-/m1/s1. The summed E-state index contributed by atoms with van der Waals surface area (Å²) in [4.78, 5) is 4.44. The van der Waals surface area contributed by atoms with Gasteiger partial charge in [-0.15, -0.1) is 0 Å². The number of para-hydroxylation sites is 1. The molecule has 3 aromatic rings. The molecule has 3 nitrogen and oxygen atoms in total. The minimum Gasteiger partial charge on any atom is -0.357 e. The fourth-order valence-corrected chi connectivity index (χ4v) is 4.56. The van der Waals surface area contributed by atoms with Gasteiger partial charge in [0, 0.05) is 27.2 Å². The zero-order valence-electron chi connectivity index (χ0n) is 13.1. The maximum atomic E-state index is 12.7. The first-order chi connectivity index (χ1) is 11.2. The van der Waals surface area contributed by atoms with Crippen LogP contribution in [0.1, 0.15) is 22.9 Å². The molecule has 4 heteroatoms. The van der Waals surface area contributed by atoms with Gasteiger partial charge in [0.25, 0.3) is 0 Å². The largest absolute Gasteiger partial charge is 0.357 e. The molecule has 23 heavy (non-hydrogen) atoms. The summed E-state index contributed by atoms with van der Waals surface area (Å²) in [6.45, 7) is 2.98. The third-order valence-corrected chi connectivity index (χ3v) is 6.00. The van der Waals surface area contributed by atoms with E-state index in [4.69, 9.17) is 0 Å². The van der Waals surface area contributed by atoms with E-state index in [0.717, 1.165) is 17.9 Å². The second kappa shape index (κ2) is 5.95. The molecule has 2 N–H and O–H groups in total. The molecule has 0 aliphatic carbocycles. The molecule has 2 atom stereocenters. The quantitative estimate of drug-likeness (QED) is 0.775. The van der Waals surface area contributed by atoms with Gasteiger partial charge in [0.1, 0.15) is 0 Å². The Bertz CT molecular complexity index is 867. The minimum atomic E-state index is -1.00. The van der Waals surface area contributed by atoms with Gasteiger partial charge in [0.05, 0.1) is 16.8 Å². The highest BCUT2D eigenvalue weighted by atomic mass is 32.2. The Morgan fingerprint density at radius 3 is 2.74 bits per heavy atom. The van der Waals surface area contributed by atoms with Gasteiger partial charge in [-0.2, -0.15) is 0 Å². The Morgan fingerprint density at radius 2 is 1.91 bits per heavy atom. The van der Waals surface area contributed by atoms with Crippen molar-refractivity contribution in [1.82, 2.24) is 10.3 Å². The first-order valence-electron chi connectivity index (χ1n) is 8.00. The Kier molecular flexibility index (Phi) is 3.79. The van der Waals surface area contributed by atoms with Crippen LogP contribution in [-0.4, -0.2) is 21.5 Å². The minimum absolute atomic E-state index is 0.119. The Morgan fingerprint density at radius 1 is 1.13 bits per heavy atom. The fraction of sp³-hybridized carbons (Fsp3) is 0.263. The lowest BCUT2D eigenvalue weighted by atomic mass is 10.0. The van der Waals surface area contributed by atoms with Crippen LogP contribution in [-0.2, 0) is 17.2 Å². The Balaban J connectivity index is 1.64. The van der Waals surface area contributed by atoms with E-state index in [-0.39, 0.29) is 6.04 Å². The molecule has 2 aromatic carbocycles. The zero-order valence-corrected chi connectivity index (χ0v) is 14.0. The molecule has 1 aliphatic heterocycles. The van der Waals surface area contributed by atoms with Crippen molar-refractivity contribution in [3.05, 3.63) is 65.4 Å². The summed E-state index contributed by atoms with van der Waals surface area (Å²) >= 11 is 0. The highest BCUT2D eigenvalue weighted by molar-refractivity contribution is 7.85. The fourth-order valence-electron chi connectivity index (χ4n) is 3.34. The molecule has 0 bridgehead atoms. The molecule has 0 saturated carbocycles. The van der Waals surface area contributed by atoms with Crippen LogP contribution >= 0.6 is 0 Å². The molecule has 118 valence electrons. The molecular weight excluding hydrogens is 304 g/mol. The van der Waals surface area contributed by atoms with Gasteiger partial charge in [-0.1, -0.05) is 35.9 Å². The summed E-state index contributed by atoms with van der Waals surface area (Å²) < 4.78 is 12.7. The van der Waals surface area contributed by atoms with Crippen molar-refractivity contribution < 1.29 is 4.21 Å². The van der Waals surface area contributed by atoms with Crippen LogP contribution < -0.4 is 5.32 Å². The number of aromatic amines is 1. The summed E-state index contributed by atoms with van der Waals surface area (Å²) in [5.41, 5.74) is 4.95. The lowest BCUT2D eigenvalue weighted by Gasteiger charge is -2.24. The molecule has 0 saturated heterocycles. The lowest BCUT2D eigenvalue weighted by Crippen LogP contribution is -2.33. The number of hydrogen-bond donors (Lipinski definition) is 2. The molecule has 1 aliphatic rings. The number of H-pyrrole nitrogens is 1. The Hall–Kier alpha value is -1.91. The summed E-state index contributed by atoms with van der Waals surface area (Å²) in [5, 5.41) is 4.83. The molecule has 4 rings (SSSR count). The van der Waals surface area contributed by atoms with Gasteiger partial charge in [-0.05, 0) is 43.7 Å². The van der Waals surface area contributed by atoms with E-state index in [9.17, 15) is 4.21 Å². The van der Waals surface area contributed by atoms with E-state index < -0.39 is 10.8 Å². The van der Waals surface area contributed by atoms with E-state index in [0.29, 0.717) is 5.75 Å². The van der Waals surface area contributed by atoms with Crippen molar-refractivity contribution in [1.29, 1.82) is 0 Å². The van der Waals surface area contributed by atoms with E-state index in [2.05, 4.69) is 34.6 Å². The van der Waals surface area contributed by atoms with Crippen molar-refractivity contribution in [2.75, 3.05) is 12.3 Å². The number of benzene rings is 2. The summed E-state index contributed by atoms with van der Waals surface area (Å²) in [6.07, 6.45) is 1.02. The lowest BCUT2D eigenvalue weighted by molar-refractivity contribution is 0.534. The van der Waals surface area contributed by atoms with Crippen LogP contribution in [0.3, 0.4) is 0 Å². The van der Waals surface area contributed by atoms with Crippen LogP contribution in [0.25, 0.3) is 10.9 Å². The van der Waals surface area contributed by atoms with Crippen LogP contribution in [0.5, 0.6) is 0 Å². The van der Waals surface area contributed by atoms with Crippen molar-refractivity contribution >= 4 is 21.7 Å². The molecule has 0 spiro atoms.